The van der Waals surface area contributed by atoms with Crippen molar-refractivity contribution in [1.82, 2.24) is 15.0 Å². The van der Waals surface area contributed by atoms with E-state index < -0.39 is 17.7 Å². The minimum atomic E-state index is -0.728. The topological polar surface area (TPSA) is 148 Å². The maximum atomic E-state index is 15.1. The van der Waals surface area contributed by atoms with Gasteiger partial charge in [0.2, 0.25) is 5.88 Å². The van der Waals surface area contributed by atoms with Gasteiger partial charge in [0.15, 0.2) is 0 Å². The Bertz CT molecular complexity index is 1900. The zero-order valence-electron chi connectivity index (χ0n) is 24.3. The van der Waals surface area contributed by atoms with E-state index in [-0.39, 0.29) is 35.1 Å². The second-order valence-corrected chi connectivity index (χ2v) is 9.38. The molecule has 11 nitrogen and oxygen atoms in total. The predicted molar refractivity (Wildman–Crippen MR) is 162 cm³/mol. The van der Waals surface area contributed by atoms with Crippen molar-refractivity contribution in [2.45, 2.75) is 6.92 Å². The zero-order valence-corrected chi connectivity index (χ0v) is 24.3. The van der Waals surface area contributed by atoms with E-state index in [1.54, 1.807) is 49.5 Å². The van der Waals surface area contributed by atoms with Gasteiger partial charge in [-0.1, -0.05) is 18.2 Å². The van der Waals surface area contributed by atoms with Gasteiger partial charge in [0, 0.05) is 23.5 Å². The first-order valence-corrected chi connectivity index (χ1v) is 13.4. The molecule has 5 rings (SSSR count). The molecule has 12 heteroatoms. The highest BCUT2D eigenvalue weighted by atomic mass is 19.1. The Morgan fingerprint density at radius 1 is 0.932 bits per heavy atom. The van der Waals surface area contributed by atoms with Crippen molar-refractivity contribution < 1.29 is 32.9 Å². The normalized spacial score (nSPS) is 10.8. The quantitative estimate of drug-likeness (QED) is 0.197. The highest BCUT2D eigenvalue weighted by Crippen LogP contribution is 2.38. The van der Waals surface area contributed by atoms with Crippen molar-refractivity contribution in [3.63, 3.8) is 0 Å². The van der Waals surface area contributed by atoms with Crippen LogP contribution in [0.4, 0.5) is 15.8 Å². The summed E-state index contributed by atoms with van der Waals surface area (Å²) in [6.07, 6.45) is 2.93. The highest BCUT2D eigenvalue weighted by molar-refractivity contribution is 6.08. The van der Waals surface area contributed by atoms with Gasteiger partial charge in [-0.25, -0.2) is 14.2 Å². The number of nitrogens with one attached hydrogen (secondary N) is 1. The van der Waals surface area contributed by atoms with Crippen LogP contribution in [-0.4, -0.2) is 54.8 Å². The summed E-state index contributed by atoms with van der Waals surface area (Å²) in [6, 6.07) is 14.6. The second kappa shape index (κ2) is 12.6. The van der Waals surface area contributed by atoms with Crippen LogP contribution in [0.3, 0.4) is 0 Å². The molecule has 2 heterocycles. The molecule has 0 saturated heterocycles. The fourth-order valence-electron chi connectivity index (χ4n) is 4.76. The van der Waals surface area contributed by atoms with Crippen LogP contribution in [0, 0.1) is 5.82 Å². The molecule has 0 saturated carbocycles. The van der Waals surface area contributed by atoms with Gasteiger partial charge in [-0.05, 0) is 54.4 Å². The molecular formula is C32H28FN5O6. The molecule has 224 valence electrons. The molecule has 0 spiro atoms. The molecule has 0 aliphatic heterocycles. The molecule has 2 aromatic heterocycles. The predicted octanol–water partition coefficient (Wildman–Crippen LogP) is 5.54. The summed E-state index contributed by atoms with van der Waals surface area (Å²) in [5.41, 5.74) is 8.98. The van der Waals surface area contributed by atoms with Gasteiger partial charge in [-0.2, -0.15) is 4.98 Å². The highest BCUT2D eigenvalue weighted by Gasteiger charge is 2.20. The number of rotatable bonds is 10. The lowest BCUT2D eigenvalue weighted by Crippen LogP contribution is -2.14. The Balaban J connectivity index is 1.67. The number of primary amides is 1. The van der Waals surface area contributed by atoms with E-state index in [9.17, 15) is 9.59 Å². The van der Waals surface area contributed by atoms with Gasteiger partial charge in [-0.3, -0.25) is 9.78 Å². The van der Waals surface area contributed by atoms with E-state index in [0.717, 1.165) is 0 Å². The fraction of sp³-hybridized carbons (Fsp3) is 0.156. The summed E-state index contributed by atoms with van der Waals surface area (Å²) < 4.78 is 36.3. The van der Waals surface area contributed by atoms with E-state index in [0.29, 0.717) is 44.8 Å². The third-order valence-electron chi connectivity index (χ3n) is 6.75. The molecule has 0 atom stereocenters. The molecule has 5 aromatic rings. The lowest BCUT2D eigenvalue weighted by Gasteiger charge is -2.17. The summed E-state index contributed by atoms with van der Waals surface area (Å²) in [5, 5.41) is 3.77. The molecule has 0 unspecified atom stereocenters. The second-order valence-electron chi connectivity index (χ2n) is 9.38. The summed E-state index contributed by atoms with van der Waals surface area (Å²) in [5.74, 6) is -1.31. The van der Waals surface area contributed by atoms with Gasteiger partial charge in [0.1, 0.15) is 11.6 Å². The number of methoxy groups -OCH3 is 3. The van der Waals surface area contributed by atoms with Crippen LogP contribution in [0.5, 0.6) is 17.6 Å². The number of hydrogen-bond donors (Lipinski definition) is 2. The van der Waals surface area contributed by atoms with E-state index in [1.807, 2.05) is 0 Å². The van der Waals surface area contributed by atoms with Crippen molar-refractivity contribution in [2.24, 2.45) is 5.73 Å². The number of benzene rings is 3. The number of nitrogens with two attached hydrogens (primary N) is 1. The average molecular weight is 598 g/mol. The van der Waals surface area contributed by atoms with Crippen LogP contribution < -0.4 is 25.3 Å². The Morgan fingerprint density at radius 2 is 1.75 bits per heavy atom. The van der Waals surface area contributed by atoms with E-state index >= 15 is 4.39 Å². The van der Waals surface area contributed by atoms with Crippen LogP contribution in [0.15, 0.2) is 67.0 Å². The molecule has 0 aliphatic rings. The van der Waals surface area contributed by atoms with Crippen molar-refractivity contribution >= 4 is 34.2 Å². The molecule has 3 N–H and O–H groups in total. The number of fused-ring (bicyclic) bond motifs is 1. The number of pyridine rings is 1. The van der Waals surface area contributed by atoms with Crippen LogP contribution in [0.25, 0.3) is 33.2 Å². The number of amides is 1. The largest absolute Gasteiger partial charge is 0.496 e. The van der Waals surface area contributed by atoms with E-state index in [2.05, 4.69) is 20.3 Å². The number of esters is 1. The van der Waals surface area contributed by atoms with Crippen molar-refractivity contribution in [3.8, 4) is 39.9 Å². The minimum absolute atomic E-state index is 0.0992. The van der Waals surface area contributed by atoms with E-state index in [1.165, 1.54) is 45.7 Å². The maximum absolute atomic E-state index is 15.1. The van der Waals surface area contributed by atoms with Crippen molar-refractivity contribution in [1.29, 1.82) is 0 Å². The van der Waals surface area contributed by atoms with Crippen LogP contribution in [-0.2, 0) is 4.74 Å². The molecule has 0 aliphatic carbocycles. The minimum Gasteiger partial charge on any atom is -0.496 e. The first-order valence-electron chi connectivity index (χ1n) is 13.4. The lowest BCUT2D eigenvalue weighted by molar-refractivity contribution is 0.0526. The van der Waals surface area contributed by atoms with Crippen LogP contribution in [0.2, 0.25) is 0 Å². The van der Waals surface area contributed by atoms with Gasteiger partial charge >= 0.3 is 12.0 Å². The smallest absolute Gasteiger partial charge is 0.338 e. The van der Waals surface area contributed by atoms with Gasteiger partial charge in [-0.15, -0.1) is 0 Å². The average Bonchev–Trinajstić information content (AvgIpc) is 3.03. The van der Waals surface area contributed by atoms with Crippen molar-refractivity contribution in [2.75, 3.05) is 33.3 Å². The Labute approximate surface area is 251 Å². The number of aromatic nitrogens is 3. The third-order valence-corrected chi connectivity index (χ3v) is 6.75. The van der Waals surface area contributed by atoms with Gasteiger partial charge in [0.05, 0.1) is 61.4 Å². The van der Waals surface area contributed by atoms with Crippen LogP contribution in [0.1, 0.15) is 27.6 Å². The summed E-state index contributed by atoms with van der Waals surface area (Å²) >= 11 is 0. The Hall–Kier alpha value is -5.78. The maximum Gasteiger partial charge on any atom is 0.338 e. The number of nitrogens with zero attached hydrogens (tertiary/aromatic N) is 3. The molecule has 3 aromatic carbocycles. The summed E-state index contributed by atoms with van der Waals surface area (Å²) in [6.45, 7) is 1.83. The van der Waals surface area contributed by atoms with Gasteiger partial charge in [0.25, 0.3) is 5.91 Å². The standard InChI is InChI=1S/C32H28FN5O6/c1-5-44-31(40)19-11-18(27-24(33)7-6-8-26(27)41-2)12-20(13-19)37-28-21-10-9-17(14-25(21)35-16-23(28)29(34)39)22-15-36-32(43-4)38-30(22)42-3/h6-16H,5H2,1-4H3,(H2,34,39)(H,35,37). The summed E-state index contributed by atoms with van der Waals surface area (Å²) in [7, 11) is 4.37. The monoisotopic (exact) mass is 597 g/mol. The van der Waals surface area contributed by atoms with Crippen LogP contribution >= 0.6 is 0 Å². The fourth-order valence-corrected chi connectivity index (χ4v) is 4.76. The number of ether oxygens (including phenoxy) is 4. The van der Waals surface area contributed by atoms with Gasteiger partial charge < -0.3 is 30.0 Å². The number of carbonyl (C=O) groups excluding carboxylic acids is 2. The Morgan fingerprint density at radius 3 is 2.45 bits per heavy atom. The van der Waals surface area contributed by atoms with E-state index in [4.69, 9.17) is 24.7 Å². The number of halogens is 1. The zero-order chi connectivity index (χ0) is 31.4. The third kappa shape index (κ3) is 5.77. The summed E-state index contributed by atoms with van der Waals surface area (Å²) in [4.78, 5) is 38.2. The lowest BCUT2D eigenvalue weighted by atomic mass is 9.99. The number of anilines is 2. The first-order chi connectivity index (χ1) is 21.3. The molecule has 0 bridgehead atoms. The number of hydrogen-bond acceptors (Lipinski definition) is 10. The molecular weight excluding hydrogens is 569 g/mol. The number of carbonyl (C=O) groups is 2. The molecule has 0 radical (unpaired) electrons. The van der Waals surface area contributed by atoms with Crippen molar-refractivity contribution in [3.05, 3.63) is 83.9 Å². The first kappa shape index (κ1) is 29.7. The SMILES string of the molecule is CCOC(=O)c1cc(Nc2c(C(N)=O)cnc3cc(-c4cnc(OC)nc4OC)ccc23)cc(-c2c(F)cccc2OC)c1. The molecule has 0 fully saturated rings. The molecule has 1 amide bonds. The Kier molecular flexibility index (Phi) is 8.51. The molecule has 44 heavy (non-hydrogen) atoms.